The van der Waals surface area contributed by atoms with Crippen LogP contribution in [0.25, 0.3) is 0 Å². The van der Waals surface area contributed by atoms with E-state index >= 15 is 0 Å². The zero-order chi connectivity index (χ0) is 12.3. The molecule has 0 aliphatic carbocycles. The van der Waals surface area contributed by atoms with Crippen molar-refractivity contribution in [3.63, 3.8) is 0 Å². The number of hydrogen-bond acceptors (Lipinski definition) is 2. The van der Waals surface area contributed by atoms with Crippen molar-refractivity contribution in [2.45, 2.75) is 38.3 Å². The largest absolute Gasteiger partial charge is 0.311 e. The van der Waals surface area contributed by atoms with E-state index < -0.39 is 0 Å². The molecule has 1 atom stereocenters. The van der Waals surface area contributed by atoms with E-state index in [-0.39, 0.29) is 5.54 Å². The van der Waals surface area contributed by atoms with Crippen molar-refractivity contribution < 1.29 is 0 Å². The Kier molecular flexibility index (Phi) is 3.85. The van der Waals surface area contributed by atoms with Gasteiger partial charge in [-0.15, -0.1) is 0 Å². The maximum absolute atomic E-state index is 3.49. The highest BCUT2D eigenvalue weighted by molar-refractivity contribution is 5.22. The van der Waals surface area contributed by atoms with Crippen LogP contribution in [0.4, 0.5) is 0 Å². The third kappa shape index (κ3) is 2.53. The van der Waals surface area contributed by atoms with Crippen molar-refractivity contribution in [2.24, 2.45) is 0 Å². The highest BCUT2D eigenvalue weighted by atomic mass is 15.2. The number of likely N-dealkylation sites (tertiary alicyclic amines) is 1. The summed E-state index contributed by atoms with van der Waals surface area (Å²) in [5.41, 5.74) is 1.55. The molecule has 0 spiro atoms. The topological polar surface area (TPSA) is 15.3 Å². The van der Waals surface area contributed by atoms with Gasteiger partial charge in [-0.25, -0.2) is 0 Å². The molecule has 1 unspecified atom stereocenters. The minimum Gasteiger partial charge on any atom is -0.311 e. The fourth-order valence-electron chi connectivity index (χ4n) is 3.05. The fraction of sp³-hybridized carbons (Fsp3) is 0.600. The summed E-state index contributed by atoms with van der Waals surface area (Å²) < 4.78 is 0. The SMILES string of the molecule is CNC(c1ccccc1)C(C)(C)N1CCCC1. The molecule has 1 aliphatic heterocycles. The zero-order valence-corrected chi connectivity index (χ0v) is 11.2. The lowest BCUT2D eigenvalue weighted by Crippen LogP contribution is -2.50. The maximum atomic E-state index is 3.49. The van der Waals surface area contributed by atoms with Crippen LogP contribution in [0.3, 0.4) is 0 Å². The van der Waals surface area contributed by atoms with E-state index in [1.807, 2.05) is 0 Å². The molecule has 1 heterocycles. The van der Waals surface area contributed by atoms with Crippen molar-refractivity contribution in [2.75, 3.05) is 20.1 Å². The first kappa shape index (κ1) is 12.6. The normalized spacial score (nSPS) is 19.5. The van der Waals surface area contributed by atoms with E-state index in [9.17, 15) is 0 Å². The first-order chi connectivity index (χ1) is 8.16. The second kappa shape index (κ2) is 5.19. The van der Waals surface area contributed by atoms with E-state index in [0.717, 1.165) is 0 Å². The summed E-state index contributed by atoms with van der Waals surface area (Å²) in [6.45, 7) is 7.18. The Morgan fingerprint density at radius 1 is 1.12 bits per heavy atom. The lowest BCUT2D eigenvalue weighted by atomic mass is 9.87. The predicted octanol–water partition coefficient (Wildman–Crippen LogP) is 2.82. The Balaban J connectivity index is 2.22. The number of likely N-dealkylation sites (N-methyl/N-ethyl adjacent to an activating group) is 1. The summed E-state index contributed by atoms with van der Waals surface area (Å²) in [4.78, 5) is 2.61. The Labute approximate surface area is 105 Å². The highest BCUT2D eigenvalue weighted by Gasteiger charge is 2.36. The van der Waals surface area contributed by atoms with Crippen LogP contribution in [0.1, 0.15) is 38.3 Å². The molecule has 0 amide bonds. The van der Waals surface area contributed by atoms with Crippen molar-refractivity contribution in [3.05, 3.63) is 35.9 Å². The van der Waals surface area contributed by atoms with Crippen molar-refractivity contribution in [1.29, 1.82) is 0 Å². The van der Waals surface area contributed by atoms with Gasteiger partial charge in [0.2, 0.25) is 0 Å². The van der Waals surface area contributed by atoms with Crippen LogP contribution in [-0.4, -0.2) is 30.6 Å². The quantitative estimate of drug-likeness (QED) is 0.858. The third-order valence-corrected chi connectivity index (χ3v) is 4.05. The van der Waals surface area contributed by atoms with Crippen LogP contribution >= 0.6 is 0 Å². The van der Waals surface area contributed by atoms with Crippen LogP contribution in [0.15, 0.2) is 30.3 Å². The molecule has 94 valence electrons. The Morgan fingerprint density at radius 3 is 2.24 bits per heavy atom. The Hall–Kier alpha value is -0.860. The molecular weight excluding hydrogens is 208 g/mol. The molecule has 0 radical (unpaired) electrons. The first-order valence-corrected chi connectivity index (χ1v) is 6.63. The fourth-order valence-corrected chi connectivity index (χ4v) is 3.05. The number of benzene rings is 1. The van der Waals surface area contributed by atoms with Gasteiger partial charge >= 0.3 is 0 Å². The van der Waals surface area contributed by atoms with Crippen molar-refractivity contribution in [3.8, 4) is 0 Å². The van der Waals surface area contributed by atoms with Crippen LogP contribution in [0.5, 0.6) is 0 Å². The van der Waals surface area contributed by atoms with E-state index in [2.05, 4.69) is 61.4 Å². The van der Waals surface area contributed by atoms with Crippen LogP contribution in [0, 0.1) is 0 Å². The van der Waals surface area contributed by atoms with Crippen LogP contribution in [-0.2, 0) is 0 Å². The average molecular weight is 232 g/mol. The van der Waals surface area contributed by atoms with Gasteiger partial charge in [0.1, 0.15) is 0 Å². The Morgan fingerprint density at radius 2 is 1.71 bits per heavy atom. The molecule has 2 rings (SSSR count). The van der Waals surface area contributed by atoms with Crippen LogP contribution < -0.4 is 5.32 Å². The van der Waals surface area contributed by atoms with E-state index in [1.165, 1.54) is 31.5 Å². The van der Waals surface area contributed by atoms with Gasteiger partial charge < -0.3 is 5.32 Å². The van der Waals surface area contributed by atoms with Gasteiger partial charge in [-0.1, -0.05) is 30.3 Å². The molecular formula is C15H24N2. The van der Waals surface area contributed by atoms with Crippen molar-refractivity contribution >= 4 is 0 Å². The summed E-state index contributed by atoms with van der Waals surface area (Å²) in [5.74, 6) is 0. The first-order valence-electron chi connectivity index (χ1n) is 6.63. The number of rotatable bonds is 4. The highest BCUT2D eigenvalue weighted by Crippen LogP contribution is 2.33. The summed E-state index contributed by atoms with van der Waals surface area (Å²) >= 11 is 0. The minimum atomic E-state index is 0.173. The molecule has 17 heavy (non-hydrogen) atoms. The molecule has 1 aliphatic rings. The van der Waals surface area contributed by atoms with Crippen molar-refractivity contribution in [1.82, 2.24) is 10.2 Å². The molecule has 1 N–H and O–H groups in total. The summed E-state index contributed by atoms with van der Waals surface area (Å²) in [6, 6.07) is 11.2. The number of hydrogen-bond donors (Lipinski definition) is 1. The molecule has 1 saturated heterocycles. The molecule has 2 nitrogen and oxygen atoms in total. The second-order valence-electron chi connectivity index (χ2n) is 5.48. The molecule has 2 heteroatoms. The third-order valence-electron chi connectivity index (χ3n) is 4.05. The van der Waals surface area contributed by atoms with Gasteiger partial charge in [-0.2, -0.15) is 0 Å². The average Bonchev–Trinajstić information content (AvgIpc) is 2.85. The standard InChI is InChI=1S/C15H24N2/c1-15(2,17-11-7-8-12-17)14(16-3)13-9-5-4-6-10-13/h4-6,9-10,14,16H,7-8,11-12H2,1-3H3. The molecule has 1 aromatic rings. The second-order valence-corrected chi connectivity index (χ2v) is 5.48. The lowest BCUT2D eigenvalue weighted by Gasteiger charge is -2.42. The predicted molar refractivity (Wildman–Crippen MR) is 73.1 cm³/mol. The van der Waals surface area contributed by atoms with E-state index in [1.54, 1.807) is 0 Å². The van der Waals surface area contributed by atoms with Gasteiger partial charge in [-0.05, 0) is 52.4 Å². The van der Waals surface area contributed by atoms with Gasteiger partial charge in [0.25, 0.3) is 0 Å². The minimum absolute atomic E-state index is 0.173. The molecule has 1 fully saturated rings. The van der Waals surface area contributed by atoms with E-state index in [4.69, 9.17) is 0 Å². The smallest absolute Gasteiger partial charge is 0.0499 e. The van der Waals surface area contributed by atoms with Gasteiger partial charge in [-0.3, -0.25) is 4.90 Å². The molecule has 1 aromatic carbocycles. The molecule has 0 saturated carbocycles. The zero-order valence-electron chi connectivity index (χ0n) is 11.2. The molecule has 0 aromatic heterocycles. The van der Waals surface area contributed by atoms with E-state index in [0.29, 0.717) is 6.04 Å². The molecule has 0 bridgehead atoms. The maximum Gasteiger partial charge on any atom is 0.0499 e. The number of nitrogens with zero attached hydrogens (tertiary/aromatic N) is 1. The van der Waals surface area contributed by atoms with Gasteiger partial charge in [0.15, 0.2) is 0 Å². The van der Waals surface area contributed by atoms with Gasteiger partial charge in [0.05, 0.1) is 0 Å². The summed E-state index contributed by atoms with van der Waals surface area (Å²) in [7, 11) is 2.06. The Bertz CT molecular complexity index is 339. The summed E-state index contributed by atoms with van der Waals surface area (Å²) in [5, 5.41) is 3.49. The van der Waals surface area contributed by atoms with Crippen LogP contribution in [0.2, 0.25) is 0 Å². The number of nitrogens with one attached hydrogen (secondary N) is 1. The summed E-state index contributed by atoms with van der Waals surface area (Å²) in [6.07, 6.45) is 2.68. The lowest BCUT2D eigenvalue weighted by molar-refractivity contribution is 0.110. The van der Waals surface area contributed by atoms with Gasteiger partial charge in [0, 0.05) is 11.6 Å². The monoisotopic (exact) mass is 232 g/mol.